The minimum atomic E-state index is -0.937. The summed E-state index contributed by atoms with van der Waals surface area (Å²) in [6, 6.07) is 6.94. The van der Waals surface area contributed by atoms with Gasteiger partial charge in [0.1, 0.15) is 11.8 Å². The zero-order valence-corrected chi connectivity index (χ0v) is 19.1. The fourth-order valence-electron chi connectivity index (χ4n) is 4.38. The second kappa shape index (κ2) is 10.2. The van der Waals surface area contributed by atoms with Crippen LogP contribution in [0.3, 0.4) is 0 Å². The minimum Gasteiger partial charge on any atom is -0.495 e. The number of thioether (sulfide) groups is 1. The predicted molar refractivity (Wildman–Crippen MR) is 122 cm³/mol. The van der Waals surface area contributed by atoms with Gasteiger partial charge in [0.05, 0.1) is 18.6 Å². The summed E-state index contributed by atoms with van der Waals surface area (Å²) in [6.07, 6.45) is 5.57. The minimum absolute atomic E-state index is 0.108. The van der Waals surface area contributed by atoms with Crippen LogP contribution in [0.5, 0.6) is 5.75 Å². The van der Waals surface area contributed by atoms with E-state index in [1.54, 1.807) is 7.11 Å². The van der Waals surface area contributed by atoms with E-state index in [2.05, 4.69) is 15.1 Å². The molecule has 172 valence electrons. The number of hydrogen-bond acceptors (Lipinski definition) is 7. The number of methoxy groups -OCH3 is 1. The van der Waals surface area contributed by atoms with E-state index in [1.807, 2.05) is 28.8 Å². The van der Waals surface area contributed by atoms with E-state index >= 15 is 0 Å². The second-order valence-corrected chi connectivity index (χ2v) is 9.01. The van der Waals surface area contributed by atoms with E-state index in [0.29, 0.717) is 23.9 Å². The number of hydrogen-bond donors (Lipinski definition) is 1. The maximum absolute atomic E-state index is 12.9. The lowest BCUT2D eigenvalue weighted by Crippen LogP contribution is -2.48. The highest BCUT2D eigenvalue weighted by Crippen LogP contribution is 2.33. The van der Waals surface area contributed by atoms with Crippen LogP contribution < -0.4 is 9.64 Å². The van der Waals surface area contributed by atoms with Gasteiger partial charge in [-0.1, -0.05) is 23.9 Å². The van der Waals surface area contributed by atoms with Gasteiger partial charge in [-0.25, -0.2) is 4.79 Å². The molecule has 1 aromatic heterocycles. The number of ether oxygens (including phenoxy) is 1. The van der Waals surface area contributed by atoms with E-state index in [9.17, 15) is 14.7 Å². The Hall–Kier alpha value is -2.75. The number of carboxylic acids is 1. The van der Waals surface area contributed by atoms with Crippen LogP contribution >= 0.6 is 11.8 Å². The number of carbonyl (C=O) groups excluding carboxylic acids is 1. The molecule has 32 heavy (non-hydrogen) atoms. The summed E-state index contributed by atoms with van der Waals surface area (Å²) in [5, 5.41) is 19.0. The average molecular weight is 460 g/mol. The molecule has 4 rings (SSSR count). The predicted octanol–water partition coefficient (Wildman–Crippen LogP) is 2.82. The first kappa shape index (κ1) is 22.4. The van der Waals surface area contributed by atoms with Gasteiger partial charge in [0.25, 0.3) is 0 Å². The molecule has 2 aliphatic heterocycles. The number of nitrogens with zero attached hydrogens (tertiary/aromatic N) is 5. The number of likely N-dealkylation sites (tertiary alicyclic amines) is 1. The quantitative estimate of drug-likeness (QED) is 0.631. The molecule has 1 N–H and O–H groups in total. The van der Waals surface area contributed by atoms with Gasteiger partial charge in [-0.3, -0.25) is 9.36 Å². The summed E-state index contributed by atoms with van der Waals surface area (Å²) >= 11 is 1.28. The van der Waals surface area contributed by atoms with E-state index < -0.39 is 12.0 Å². The number of amides is 1. The van der Waals surface area contributed by atoms with Crippen molar-refractivity contribution in [2.75, 3.05) is 37.4 Å². The molecule has 1 amide bonds. The number of piperidine rings is 2. The molecule has 0 bridgehead atoms. The van der Waals surface area contributed by atoms with Crippen molar-refractivity contribution in [3.05, 3.63) is 24.3 Å². The third kappa shape index (κ3) is 4.69. The lowest BCUT2D eigenvalue weighted by atomic mass is 10.0. The van der Waals surface area contributed by atoms with Crippen molar-refractivity contribution in [3.63, 3.8) is 0 Å². The maximum atomic E-state index is 12.9. The summed E-state index contributed by atoms with van der Waals surface area (Å²) in [6.45, 7) is 2.30. The van der Waals surface area contributed by atoms with Crippen LogP contribution in [0.1, 0.15) is 38.5 Å². The fraction of sp³-hybridized carbons (Fsp3) is 0.545. The number of aromatic nitrogens is 3. The summed E-state index contributed by atoms with van der Waals surface area (Å²) in [4.78, 5) is 28.2. The molecule has 1 aromatic carbocycles. The SMILES string of the molecule is COc1ccccc1-n1c(SCC(=O)N2CCCCC2C(=O)O)nnc1N1CCCCC1. The lowest BCUT2D eigenvalue weighted by Gasteiger charge is -2.32. The number of benzene rings is 1. The standard InChI is InChI=1S/C22H29N5O4S/c1-31-18-11-4-3-9-16(18)27-21(25-12-6-2-7-13-25)23-24-22(27)32-15-19(28)26-14-8-5-10-17(26)20(29)30/h3-4,9,11,17H,2,5-8,10,12-15H2,1H3,(H,29,30). The Bertz CT molecular complexity index is 960. The third-order valence-corrected chi connectivity index (χ3v) is 6.93. The van der Waals surface area contributed by atoms with Gasteiger partial charge in [-0.05, 0) is 50.7 Å². The van der Waals surface area contributed by atoms with Crippen LogP contribution in [-0.2, 0) is 9.59 Å². The molecule has 0 spiro atoms. The first-order valence-electron chi connectivity index (χ1n) is 11.1. The zero-order valence-electron chi connectivity index (χ0n) is 18.3. The maximum Gasteiger partial charge on any atom is 0.326 e. The van der Waals surface area contributed by atoms with E-state index in [1.165, 1.54) is 23.1 Å². The Labute approximate surface area is 191 Å². The van der Waals surface area contributed by atoms with Crippen molar-refractivity contribution in [1.29, 1.82) is 0 Å². The molecule has 1 atom stereocenters. The van der Waals surface area contributed by atoms with Gasteiger partial charge >= 0.3 is 5.97 Å². The first-order valence-corrected chi connectivity index (χ1v) is 12.1. The van der Waals surface area contributed by atoms with E-state index in [-0.39, 0.29) is 11.7 Å². The topological polar surface area (TPSA) is 101 Å². The zero-order chi connectivity index (χ0) is 22.5. The summed E-state index contributed by atoms with van der Waals surface area (Å²) in [7, 11) is 1.63. The molecule has 2 aromatic rings. The molecular weight excluding hydrogens is 430 g/mol. The fourth-order valence-corrected chi connectivity index (χ4v) is 5.20. The average Bonchev–Trinajstić information content (AvgIpc) is 3.26. The Morgan fingerprint density at radius 3 is 2.59 bits per heavy atom. The number of carbonyl (C=O) groups is 2. The van der Waals surface area contributed by atoms with Crippen LogP contribution in [0, 0.1) is 0 Å². The summed E-state index contributed by atoms with van der Waals surface area (Å²) in [5.41, 5.74) is 0.817. The van der Waals surface area contributed by atoms with Gasteiger partial charge in [0.2, 0.25) is 11.9 Å². The molecule has 1 unspecified atom stereocenters. The van der Waals surface area contributed by atoms with Gasteiger partial charge in [-0.15, -0.1) is 10.2 Å². The number of para-hydroxylation sites is 2. The molecular formula is C22H29N5O4S. The highest BCUT2D eigenvalue weighted by atomic mass is 32.2. The molecule has 2 saturated heterocycles. The number of aliphatic carboxylic acids is 1. The van der Waals surface area contributed by atoms with Crippen molar-refractivity contribution in [2.45, 2.75) is 49.7 Å². The van der Waals surface area contributed by atoms with Gasteiger partial charge < -0.3 is 19.6 Å². The molecule has 2 aliphatic rings. The van der Waals surface area contributed by atoms with Crippen LogP contribution in [0.25, 0.3) is 5.69 Å². The van der Waals surface area contributed by atoms with E-state index in [4.69, 9.17) is 4.74 Å². The van der Waals surface area contributed by atoms with E-state index in [0.717, 1.165) is 50.4 Å². The molecule has 10 heteroatoms. The largest absolute Gasteiger partial charge is 0.495 e. The van der Waals surface area contributed by atoms with Crippen molar-refractivity contribution < 1.29 is 19.4 Å². The van der Waals surface area contributed by atoms with Gasteiger partial charge in [0.15, 0.2) is 5.16 Å². The molecule has 0 radical (unpaired) electrons. The molecule has 0 aliphatic carbocycles. The highest BCUT2D eigenvalue weighted by Gasteiger charge is 2.32. The summed E-state index contributed by atoms with van der Waals surface area (Å²) < 4.78 is 7.53. The van der Waals surface area contributed by atoms with Crippen LogP contribution in [0.2, 0.25) is 0 Å². The normalized spacial score (nSPS) is 19.1. The lowest BCUT2D eigenvalue weighted by molar-refractivity contribution is -0.150. The monoisotopic (exact) mass is 459 g/mol. The highest BCUT2D eigenvalue weighted by molar-refractivity contribution is 7.99. The van der Waals surface area contributed by atoms with Crippen LogP contribution in [0.15, 0.2) is 29.4 Å². The van der Waals surface area contributed by atoms with Crippen LogP contribution in [0.4, 0.5) is 5.95 Å². The second-order valence-electron chi connectivity index (χ2n) is 8.06. The van der Waals surface area contributed by atoms with Crippen molar-refractivity contribution in [1.82, 2.24) is 19.7 Å². The number of rotatable bonds is 7. The Balaban J connectivity index is 1.60. The first-order chi connectivity index (χ1) is 15.6. The molecule has 0 saturated carbocycles. The van der Waals surface area contributed by atoms with Crippen molar-refractivity contribution in [3.8, 4) is 11.4 Å². The molecule has 2 fully saturated rings. The van der Waals surface area contributed by atoms with Crippen molar-refractivity contribution in [2.24, 2.45) is 0 Å². The van der Waals surface area contributed by atoms with Gasteiger partial charge in [0, 0.05) is 19.6 Å². The molecule has 9 nitrogen and oxygen atoms in total. The van der Waals surface area contributed by atoms with Gasteiger partial charge in [-0.2, -0.15) is 0 Å². The summed E-state index contributed by atoms with van der Waals surface area (Å²) in [5.74, 6) is 0.423. The number of anilines is 1. The Morgan fingerprint density at radius 1 is 1.09 bits per heavy atom. The number of carboxylic acid groups (broad SMARTS) is 1. The van der Waals surface area contributed by atoms with Crippen LogP contribution in [-0.4, -0.2) is 75.2 Å². The third-order valence-electron chi connectivity index (χ3n) is 6.01. The Kier molecular flexibility index (Phi) is 7.19. The molecule has 3 heterocycles. The van der Waals surface area contributed by atoms with Crippen molar-refractivity contribution >= 4 is 29.6 Å². The smallest absolute Gasteiger partial charge is 0.326 e. The Morgan fingerprint density at radius 2 is 1.84 bits per heavy atom.